The minimum Gasteiger partial charge on any atom is -0.492 e. The number of halogens is 1. The average molecular weight is 276 g/mol. The van der Waals surface area contributed by atoms with Gasteiger partial charge in [0, 0.05) is 5.69 Å². The van der Waals surface area contributed by atoms with Crippen molar-refractivity contribution in [3.63, 3.8) is 0 Å². The van der Waals surface area contributed by atoms with E-state index in [-0.39, 0.29) is 0 Å². The van der Waals surface area contributed by atoms with Crippen molar-refractivity contribution in [3.05, 3.63) is 58.6 Å². The summed E-state index contributed by atoms with van der Waals surface area (Å²) in [6, 6.07) is 13.8. The van der Waals surface area contributed by atoms with Gasteiger partial charge in [-0.05, 0) is 55.2 Å². The molecule has 0 atom stereocenters. The Labute approximate surface area is 119 Å². The van der Waals surface area contributed by atoms with Gasteiger partial charge < -0.3 is 10.5 Å². The van der Waals surface area contributed by atoms with E-state index in [1.165, 1.54) is 5.56 Å². The zero-order valence-electron chi connectivity index (χ0n) is 11.0. The van der Waals surface area contributed by atoms with Crippen LogP contribution in [0.4, 0.5) is 5.69 Å². The smallest absolute Gasteiger partial charge is 0.137 e. The quantitative estimate of drug-likeness (QED) is 0.654. The van der Waals surface area contributed by atoms with E-state index in [2.05, 4.69) is 0 Å². The van der Waals surface area contributed by atoms with E-state index in [1.54, 1.807) is 0 Å². The number of benzene rings is 2. The van der Waals surface area contributed by atoms with E-state index >= 15 is 0 Å². The van der Waals surface area contributed by atoms with Crippen molar-refractivity contribution >= 4 is 17.3 Å². The van der Waals surface area contributed by atoms with Gasteiger partial charge >= 0.3 is 0 Å². The highest BCUT2D eigenvalue weighted by molar-refractivity contribution is 6.32. The number of hydrogen-bond acceptors (Lipinski definition) is 2. The summed E-state index contributed by atoms with van der Waals surface area (Å²) >= 11 is 6.10. The van der Waals surface area contributed by atoms with Crippen LogP contribution < -0.4 is 10.5 Å². The summed E-state index contributed by atoms with van der Waals surface area (Å²) in [6.45, 7) is 2.67. The van der Waals surface area contributed by atoms with E-state index in [0.717, 1.165) is 29.8 Å². The van der Waals surface area contributed by atoms with Gasteiger partial charge in [0.1, 0.15) is 5.75 Å². The van der Waals surface area contributed by atoms with Crippen molar-refractivity contribution in [3.8, 4) is 5.75 Å². The van der Waals surface area contributed by atoms with Crippen molar-refractivity contribution in [2.45, 2.75) is 19.8 Å². The van der Waals surface area contributed by atoms with Crippen LogP contribution in [-0.2, 0) is 6.42 Å². The lowest BCUT2D eigenvalue weighted by atomic mass is 10.1. The Morgan fingerprint density at radius 3 is 2.53 bits per heavy atom. The van der Waals surface area contributed by atoms with Crippen molar-refractivity contribution in [2.24, 2.45) is 0 Å². The third-order valence-electron chi connectivity index (χ3n) is 2.93. The predicted molar refractivity (Wildman–Crippen MR) is 80.9 cm³/mol. The van der Waals surface area contributed by atoms with Crippen LogP contribution in [0.15, 0.2) is 42.5 Å². The maximum Gasteiger partial charge on any atom is 0.137 e. The minimum absolute atomic E-state index is 0.660. The van der Waals surface area contributed by atoms with Gasteiger partial charge in [0.2, 0.25) is 0 Å². The first kappa shape index (κ1) is 13.8. The number of nitrogens with two attached hydrogens (primary N) is 1. The second-order valence-electron chi connectivity index (χ2n) is 4.63. The summed E-state index contributed by atoms with van der Waals surface area (Å²) in [5.74, 6) is 0.754. The monoisotopic (exact) mass is 275 g/mol. The molecule has 0 bridgehead atoms. The summed E-state index contributed by atoms with van der Waals surface area (Å²) in [5.41, 5.74) is 8.85. The average Bonchev–Trinajstić information content (AvgIpc) is 2.39. The van der Waals surface area contributed by atoms with Crippen LogP contribution in [0.25, 0.3) is 0 Å². The molecule has 0 saturated carbocycles. The van der Waals surface area contributed by atoms with E-state index in [4.69, 9.17) is 22.1 Å². The molecule has 0 aliphatic heterocycles. The maximum atomic E-state index is 6.10. The largest absolute Gasteiger partial charge is 0.492 e. The van der Waals surface area contributed by atoms with Gasteiger partial charge in [-0.3, -0.25) is 0 Å². The molecule has 0 aliphatic carbocycles. The van der Waals surface area contributed by atoms with Crippen molar-refractivity contribution in [2.75, 3.05) is 12.3 Å². The van der Waals surface area contributed by atoms with Crippen molar-refractivity contribution < 1.29 is 4.74 Å². The first-order chi connectivity index (χ1) is 9.15. The molecule has 2 aromatic rings. The molecule has 0 saturated heterocycles. The molecule has 0 amide bonds. The van der Waals surface area contributed by atoms with Gasteiger partial charge in [0.25, 0.3) is 0 Å². The molecule has 0 fully saturated rings. The van der Waals surface area contributed by atoms with Crippen LogP contribution in [0, 0.1) is 6.92 Å². The molecule has 0 unspecified atom stereocenters. The van der Waals surface area contributed by atoms with Gasteiger partial charge in [-0.15, -0.1) is 0 Å². The number of rotatable bonds is 5. The molecule has 19 heavy (non-hydrogen) atoms. The third kappa shape index (κ3) is 4.18. The van der Waals surface area contributed by atoms with E-state index in [1.807, 2.05) is 49.4 Å². The number of aryl methyl sites for hydroxylation is 2. The van der Waals surface area contributed by atoms with E-state index in [0.29, 0.717) is 11.6 Å². The SMILES string of the molecule is Cc1ccc(OCCCc2ccc(N)cc2)c(Cl)c1. The Balaban J connectivity index is 1.79. The standard InChI is InChI=1S/C16H18ClNO/c1-12-4-9-16(15(17)11-12)19-10-2-3-13-5-7-14(18)8-6-13/h4-9,11H,2-3,10,18H2,1H3. The molecule has 0 aliphatic rings. The van der Waals surface area contributed by atoms with Crippen LogP contribution in [-0.4, -0.2) is 6.61 Å². The van der Waals surface area contributed by atoms with Gasteiger partial charge in [0.15, 0.2) is 0 Å². The Morgan fingerprint density at radius 2 is 1.84 bits per heavy atom. The highest BCUT2D eigenvalue weighted by atomic mass is 35.5. The molecule has 3 heteroatoms. The molecule has 2 nitrogen and oxygen atoms in total. The Kier molecular flexibility index (Phi) is 4.69. The first-order valence-electron chi connectivity index (χ1n) is 6.38. The molecule has 0 radical (unpaired) electrons. The number of hydrogen-bond donors (Lipinski definition) is 1. The molecule has 0 heterocycles. The van der Waals surface area contributed by atoms with Crippen LogP contribution >= 0.6 is 11.6 Å². The molecular weight excluding hydrogens is 258 g/mol. The lowest BCUT2D eigenvalue weighted by Gasteiger charge is -2.08. The molecule has 2 rings (SSSR count). The topological polar surface area (TPSA) is 35.2 Å². The number of anilines is 1. The third-order valence-corrected chi connectivity index (χ3v) is 3.23. The maximum absolute atomic E-state index is 6.10. The zero-order chi connectivity index (χ0) is 13.7. The summed E-state index contributed by atoms with van der Waals surface area (Å²) in [6.07, 6.45) is 1.93. The van der Waals surface area contributed by atoms with Crippen molar-refractivity contribution in [1.82, 2.24) is 0 Å². The lowest BCUT2D eigenvalue weighted by Crippen LogP contribution is -2.00. The Hall–Kier alpha value is -1.67. The van der Waals surface area contributed by atoms with Crippen LogP contribution in [0.5, 0.6) is 5.75 Å². The molecule has 100 valence electrons. The minimum atomic E-state index is 0.660. The fourth-order valence-corrected chi connectivity index (χ4v) is 2.16. The fraction of sp³-hybridized carbons (Fsp3) is 0.250. The highest BCUT2D eigenvalue weighted by Crippen LogP contribution is 2.25. The summed E-state index contributed by atoms with van der Waals surface area (Å²) < 4.78 is 5.68. The molecule has 0 spiro atoms. The molecule has 2 N–H and O–H groups in total. The second kappa shape index (κ2) is 6.48. The Morgan fingerprint density at radius 1 is 1.11 bits per heavy atom. The van der Waals surface area contributed by atoms with Crippen LogP contribution in [0.2, 0.25) is 5.02 Å². The van der Waals surface area contributed by atoms with E-state index < -0.39 is 0 Å². The molecule has 2 aromatic carbocycles. The van der Waals surface area contributed by atoms with Crippen molar-refractivity contribution in [1.29, 1.82) is 0 Å². The predicted octanol–water partition coefficient (Wildman–Crippen LogP) is 4.24. The second-order valence-corrected chi connectivity index (χ2v) is 5.03. The normalized spacial score (nSPS) is 10.4. The Bertz CT molecular complexity index is 537. The fourth-order valence-electron chi connectivity index (χ4n) is 1.87. The summed E-state index contributed by atoms with van der Waals surface area (Å²) in [4.78, 5) is 0. The van der Waals surface area contributed by atoms with Crippen LogP contribution in [0.1, 0.15) is 17.5 Å². The van der Waals surface area contributed by atoms with Gasteiger partial charge in [0.05, 0.1) is 11.6 Å². The molecular formula is C16H18ClNO. The number of ether oxygens (including phenoxy) is 1. The summed E-state index contributed by atoms with van der Waals surface area (Å²) in [5, 5.41) is 0.674. The zero-order valence-corrected chi connectivity index (χ0v) is 11.8. The van der Waals surface area contributed by atoms with Gasteiger partial charge in [-0.25, -0.2) is 0 Å². The highest BCUT2D eigenvalue weighted by Gasteiger charge is 2.01. The summed E-state index contributed by atoms with van der Waals surface area (Å²) in [7, 11) is 0. The first-order valence-corrected chi connectivity index (χ1v) is 6.76. The van der Waals surface area contributed by atoms with Gasteiger partial charge in [-0.2, -0.15) is 0 Å². The van der Waals surface area contributed by atoms with E-state index in [9.17, 15) is 0 Å². The van der Waals surface area contributed by atoms with Gasteiger partial charge in [-0.1, -0.05) is 29.8 Å². The van der Waals surface area contributed by atoms with Crippen LogP contribution in [0.3, 0.4) is 0 Å². The molecule has 0 aromatic heterocycles. The number of nitrogen functional groups attached to an aromatic ring is 1. The lowest BCUT2D eigenvalue weighted by molar-refractivity contribution is 0.311.